The number of amides is 1. The molecule has 1 atom stereocenters. The van der Waals surface area contributed by atoms with Crippen LogP contribution in [0, 0.1) is 5.92 Å². The second-order valence-electron chi connectivity index (χ2n) is 4.35. The Kier molecular flexibility index (Phi) is 3.03. The van der Waals surface area contributed by atoms with Crippen molar-refractivity contribution in [3.63, 3.8) is 0 Å². The summed E-state index contributed by atoms with van der Waals surface area (Å²) < 4.78 is 5.36. The van der Waals surface area contributed by atoms with Crippen LogP contribution in [-0.4, -0.2) is 37.7 Å². The van der Waals surface area contributed by atoms with Crippen molar-refractivity contribution < 1.29 is 9.53 Å². The number of carbonyl (C=O) groups is 1. The Balaban J connectivity index is 1.71. The molecule has 2 rings (SSSR count). The third-order valence-corrected chi connectivity index (χ3v) is 2.94. The van der Waals surface area contributed by atoms with Crippen LogP contribution in [0.15, 0.2) is 0 Å². The number of morpholine rings is 1. The molecule has 2 N–H and O–H groups in total. The van der Waals surface area contributed by atoms with Gasteiger partial charge in [-0.15, -0.1) is 0 Å². The highest BCUT2D eigenvalue weighted by molar-refractivity contribution is 5.81. The van der Waals surface area contributed by atoms with E-state index in [1.54, 1.807) is 0 Å². The smallest absolute Gasteiger partial charge is 0.250 e. The Morgan fingerprint density at radius 3 is 2.86 bits per heavy atom. The van der Waals surface area contributed by atoms with Gasteiger partial charge >= 0.3 is 0 Å². The van der Waals surface area contributed by atoms with Crippen molar-refractivity contribution in [2.75, 3.05) is 19.7 Å². The van der Waals surface area contributed by atoms with E-state index in [0.717, 1.165) is 25.3 Å². The summed E-state index contributed by atoms with van der Waals surface area (Å²) in [5, 5.41) is 6.16. The molecule has 1 saturated heterocycles. The first-order valence-electron chi connectivity index (χ1n) is 5.38. The third kappa shape index (κ3) is 2.25. The average molecular weight is 198 g/mol. The first kappa shape index (κ1) is 9.93. The van der Waals surface area contributed by atoms with Crippen LogP contribution in [0.3, 0.4) is 0 Å². The molecule has 1 aliphatic heterocycles. The third-order valence-electron chi connectivity index (χ3n) is 2.94. The average Bonchev–Trinajstić information content (AvgIpc) is 2.17. The van der Waals surface area contributed by atoms with E-state index in [4.69, 9.17) is 4.74 Å². The molecular formula is C10H18N2O2. The molecule has 0 aromatic carbocycles. The molecule has 1 aliphatic carbocycles. The predicted octanol–water partition coefficient (Wildman–Crippen LogP) is -0.111. The maximum absolute atomic E-state index is 11.6. The maximum atomic E-state index is 11.6. The van der Waals surface area contributed by atoms with E-state index in [1.807, 2.05) is 0 Å². The molecule has 4 nitrogen and oxygen atoms in total. The molecule has 1 amide bonds. The summed E-state index contributed by atoms with van der Waals surface area (Å²) in [5.41, 5.74) is 0. The lowest BCUT2D eigenvalue weighted by atomic mass is 9.82. The van der Waals surface area contributed by atoms with Crippen LogP contribution < -0.4 is 10.6 Å². The summed E-state index contributed by atoms with van der Waals surface area (Å²) in [6, 6.07) is 0.392. The molecule has 4 heteroatoms. The molecule has 0 radical (unpaired) electrons. The fourth-order valence-electron chi connectivity index (χ4n) is 2.05. The standard InChI is InChI=1S/C10H18N2O2/c1-7-4-8(5-7)12-10(13)9-6-11-2-3-14-9/h7-9,11H,2-6H2,1H3,(H,12,13). The lowest BCUT2D eigenvalue weighted by molar-refractivity contribution is -0.135. The van der Waals surface area contributed by atoms with Crippen LogP contribution in [0.4, 0.5) is 0 Å². The van der Waals surface area contributed by atoms with Crippen LogP contribution in [-0.2, 0) is 9.53 Å². The molecule has 0 aromatic heterocycles. The van der Waals surface area contributed by atoms with Gasteiger partial charge in [-0.25, -0.2) is 0 Å². The normalized spacial score (nSPS) is 37.4. The van der Waals surface area contributed by atoms with Crippen molar-refractivity contribution in [1.82, 2.24) is 10.6 Å². The van der Waals surface area contributed by atoms with E-state index in [-0.39, 0.29) is 12.0 Å². The SMILES string of the molecule is CC1CC(NC(=O)C2CNCCO2)C1. The van der Waals surface area contributed by atoms with Gasteiger partial charge < -0.3 is 15.4 Å². The van der Waals surface area contributed by atoms with Crippen LogP contribution in [0.2, 0.25) is 0 Å². The molecule has 0 spiro atoms. The molecule has 2 fully saturated rings. The van der Waals surface area contributed by atoms with Crippen LogP contribution >= 0.6 is 0 Å². The van der Waals surface area contributed by atoms with Gasteiger partial charge in [0.1, 0.15) is 6.10 Å². The Hall–Kier alpha value is -0.610. The fraction of sp³-hybridized carbons (Fsp3) is 0.900. The van der Waals surface area contributed by atoms with E-state index < -0.39 is 0 Å². The highest BCUT2D eigenvalue weighted by Crippen LogP contribution is 2.26. The monoisotopic (exact) mass is 198 g/mol. The Morgan fingerprint density at radius 1 is 1.50 bits per heavy atom. The molecule has 0 bridgehead atoms. The van der Waals surface area contributed by atoms with E-state index in [9.17, 15) is 4.79 Å². The summed E-state index contributed by atoms with van der Waals surface area (Å²) in [6.45, 7) is 4.35. The second kappa shape index (κ2) is 4.28. The zero-order valence-electron chi connectivity index (χ0n) is 8.58. The Morgan fingerprint density at radius 2 is 2.29 bits per heavy atom. The second-order valence-corrected chi connectivity index (χ2v) is 4.35. The van der Waals surface area contributed by atoms with E-state index in [1.165, 1.54) is 0 Å². The van der Waals surface area contributed by atoms with Gasteiger partial charge in [-0.2, -0.15) is 0 Å². The van der Waals surface area contributed by atoms with Crippen molar-refractivity contribution in [2.24, 2.45) is 5.92 Å². The molecule has 14 heavy (non-hydrogen) atoms. The molecule has 1 heterocycles. The zero-order valence-corrected chi connectivity index (χ0v) is 8.58. The first-order valence-corrected chi connectivity index (χ1v) is 5.38. The molecule has 2 aliphatic rings. The van der Waals surface area contributed by atoms with Crippen molar-refractivity contribution in [3.05, 3.63) is 0 Å². The molecule has 0 aromatic rings. The van der Waals surface area contributed by atoms with E-state index >= 15 is 0 Å². The number of ether oxygens (including phenoxy) is 1. The predicted molar refractivity (Wildman–Crippen MR) is 52.9 cm³/mol. The van der Waals surface area contributed by atoms with Gasteiger partial charge in [0, 0.05) is 19.1 Å². The van der Waals surface area contributed by atoms with Crippen LogP contribution in [0.1, 0.15) is 19.8 Å². The van der Waals surface area contributed by atoms with Crippen molar-refractivity contribution >= 4 is 5.91 Å². The van der Waals surface area contributed by atoms with Crippen molar-refractivity contribution in [3.8, 4) is 0 Å². The first-order chi connectivity index (χ1) is 6.75. The Bertz CT molecular complexity index is 208. The van der Waals surface area contributed by atoms with Gasteiger partial charge in [0.25, 0.3) is 5.91 Å². The minimum absolute atomic E-state index is 0.0501. The summed E-state index contributed by atoms with van der Waals surface area (Å²) >= 11 is 0. The number of hydrogen-bond acceptors (Lipinski definition) is 3. The molecule has 80 valence electrons. The minimum Gasteiger partial charge on any atom is -0.366 e. The molecule has 1 unspecified atom stereocenters. The molecule has 1 saturated carbocycles. The minimum atomic E-state index is -0.278. The summed E-state index contributed by atoms with van der Waals surface area (Å²) in [4.78, 5) is 11.6. The lowest BCUT2D eigenvalue weighted by Crippen LogP contribution is -2.52. The zero-order chi connectivity index (χ0) is 9.97. The Labute approximate surface area is 84.4 Å². The van der Waals surface area contributed by atoms with E-state index in [2.05, 4.69) is 17.6 Å². The maximum Gasteiger partial charge on any atom is 0.250 e. The summed E-state index contributed by atoms with van der Waals surface area (Å²) in [6.07, 6.45) is 1.96. The number of carbonyl (C=O) groups excluding carboxylic acids is 1. The van der Waals surface area contributed by atoms with Gasteiger partial charge in [0.05, 0.1) is 6.61 Å². The van der Waals surface area contributed by atoms with E-state index in [0.29, 0.717) is 19.2 Å². The van der Waals surface area contributed by atoms with Crippen LogP contribution in [0.25, 0.3) is 0 Å². The largest absolute Gasteiger partial charge is 0.366 e. The highest BCUT2D eigenvalue weighted by atomic mass is 16.5. The highest BCUT2D eigenvalue weighted by Gasteiger charge is 2.30. The summed E-state index contributed by atoms with van der Waals surface area (Å²) in [5.74, 6) is 0.819. The number of hydrogen-bond donors (Lipinski definition) is 2. The van der Waals surface area contributed by atoms with Crippen molar-refractivity contribution in [2.45, 2.75) is 31.9 Å². The summed E-state index contributed by atoms with van der Waals surface area (Å²) in [7, 11) is 0. The number of nitrogens with one attached hydrogen (secondary N) is 2. The quantitative estimate of drug-likeness (QED) is 0.651. The van der Waals surface area contributed by atoms with Crippen LogP contribution in [0.5, 0.6) is 0 Å². The van der Waals surface area contributed by atoms with Gasteiger partial charge in [0.15, 0.2) is 0 Å². The van der Waals surface area contributed by atoms with Gasteiger partial charge in [-0.1, -0.05) is 6.92 Å². The van der Waals surface area contributed by atoms with Crippen molar-refractivity contribution in [1.29, 1.82) is 0 Å². The van der Waals surface area contributed by atoms with Gasteiger partial charge in [-0.05, 0) is 18.8 Å². The topological polar surface area (TPSA) is 50.4 Å². The number of rotatable bonds is 2. The fourth-order valence-corrected chi connectivity index (χ4v) is 2.05. The molecular weight excluding hydrogens is 180 g/mol. The lowest BCUT2D eigenvalue weighted by Gasteiger charge is -2.34. The van der Waals surface area contributed by atoms with Gasteiger partial charge in [0.2, 0.25) is 0 Å². The van der Waals surface area contributed by atoms with Gasteiger partial charge in [-0.3, -0.25) is 4.79 Å².